The number of amides is 2. The summed E-state index contributed by atoms with van der Waals surface area (Å²) in [5, 5.41) is 10.4. The lowest BCUT2D eigenvalue weighted by molar-refractivity contribution is 0.236. The van der Waals surface area contributed by atoms with Gasteiger partial charge in [-0.15, -0.1) is 0 Å². The number of nitrogens with one attached hydrogen (secondary N) is 2. The van der Waals surface area contributed by atoms with Crippen molar-refractivity contribution < 1.29 is 4.79 Å². The molecule has 1 aliphatic rings. The molecule has 0 bridgehead atoms. The van der Waals surface area contributed by atoms with E-state index < -0.39 is 0 Å². The molecule has 132 valence electrons. The van der Waals surface area contributed by atoms with E-state index in [1.807, 2.05) is 41.2 Å². The topological polar surface area (TPSA) is 59.0 Å². The number of benzene rings is 2. The number of aryl methyl sites for hydroxylation is 1. The van der Waals surface area contributed by atoms with E-state index in [0.29, 0.717) is 13.1 Å². The maximum atomic E-state index is 12.4. The molecule has 0 fully saturated rings. The molecule has 0 saturated carbocycles. The second-order valence-electron chi connectivity index (χ2n) is 6.59. The molecule has 5 heteroatoms. The lowest BCUT2D eigenvalue weighted by Gasteiger charge is -2.16. The van der Waals surface area contributed by atoms with Crippen LogP contribution in [0, 0.1) is 0 Å². The van der Waals surface area contributed by atoms with Crippen molar-refractivity contribution in [1.82, 2.24) is 20.4 Å². The first kappa shape index (κ1) is 16.4. The number of carbonyl (C=O) groups excluding carboxylic acids is 1. The molecule has 2 N–H and O–H groups in total. The van der Waals surface area contributed by atoms with Crippen LogP contribution in [0.1, 0.15) is 34.7 Å². The van der Waals surface area contributed by atoms with Crippen molar-refractivity contribution in [1.29, 1.82) is 0 Å². The maximum absolute atomic E-state index is 12.4. The molecule has 0 spiro atoms. The zero-order valence-corrected chi connectivity index (χ0v) is 14.6. The third kappa shape index (κ3) is 3.61. The molecule has 2 aromatic carbocycles. The predicted octanol–water partition coefficient (Wildman–Crippen LogP) is 3.42. The Morgan fingerprint density at radius 2 is 1.88 bits per heavy atom. The lowest BCUT2D eigenvalue weighted by atomic mass is 10.1. The fourth-order valence-corrected chi connectivity index (χ4v) is 3.54. The van der Waals surface area contributed by atoms with Gasteiger partial charge in [-0.3, -0.25) is 4.68 Å². The first-order valence-corrected chi connectivity index (χ1v) is 8.96. The zero-order chi connectivity index (χ0) is 17.8. The summed E-state index contributed by atoms with van der Waals surface area (Å²) in [7, 11) is 0. The Bertz CT molecular complexity index is 889. The van der Waals surface area contributed by atoms with Crippen LogP contribution < -0.4 is 10.6 Å². The molecule has 3 aromatic rings. The molecule has 26 heavy (non-hydrogen) atoms. The van der Waals surface area contributed by atoms with Crippen LogP contribution in [0.3, 0.4) is 0 Å². The van der Waals surface area contributed by atoms with Crippen LogP contribution in [0.2, 0.25) is 0 Å². The van der Waals surface area contributed by atoms with Crippen LogP contribution in [0.5, 0.6) is 0 Å². The predicted molar refractivity (Wildman–Crippen MR) is 101 cm³/mol. The minimum Gasteiger partial charge on any atom is -0.334 e. The summed E-state index contributed by atoms with van der Waals surface area (Å²) in [5.41, 5.74) is 4.83. The van der Waals surface area contributed by atoms with E-state index in [4.69, 9.17) is 0 Å². The second kappa shape index (κ2) is 7.44. The van der Waals surface area contributed by atoms with Crippen LogP contribution in [0.15, 0.2) is 67.0 Å². The highest BCUT2D eigenvalue weighted by Gasteiger charge is 2.23. The summed E-state index contributed by atoms with van der Waals surface area (Å²) in [6.07, 6.45) is 5.69. The number of hydrogen-bond donors (Lipinski definition) is 2. The summed E-state index contributed by atoms with van der Waals surface area (Å²) >= 11 is 0. The maximum Gasteiger partial charge on any atom is 0.315 e. The smallest absolute Gasteiger partial charge is 0.315 e. The first-order chi connectivity index (χ1) is 12.8. The van der Waals surface area contributed by atoms with Gasteiger partial charge in [0.25, 0.3) is 0 Å². The summed E-state index contributed by atoms with van der Waals surface area (Å²) in [6, 6.07) is 18.3. The highest BCUT2D eigenvalue weighted by molar-refractivity contribution is 5.74. The fraction of sp³-hybridized carbons (Fsp3) is 0.238. The van der Waals surface area contributed by atoms with Gasteiger partial charge in [0.15, 0.2) is 0 Å². The highest BCUT2D eigenvalue weighted by Crippen LogP contribution is 2.30. The minimum atomic E-state index is -0.124. The SMILES string of the molecule is O=C(NCc1ccccc1Cn1cccn1)NC1CCc2ccccc21. The van der Waals surface area contributed by atoms with Crippen molar-refractivity contribution in [2.75, 3.05) is 0 Å². The molecule has 0 radical (unpaired) electrons. The number of aromatic nitrogens is 2. The third-order valence-electron chi connectivity index (χ3n) is 4.89. The molecule has 1 aliphatic carbocycles. The molecule has 1 aromatic heterocycles. The summed E-state index contributed by atoms with van der Waals surface area (Å²) < 4.78 is 1.88. The van der Waals surface area contributed by atoms with Gasteiger partial charge in [-0.2, -0.15) is 5.10 Å². The van der Waals surface area contributed by atoms with Gasteiger partial charge in [0.05, 0.1) is 12.6 Å². The van der Waals surface area contributed by atoms with Crippen molar-refractivity contribution in [3.05, 3.63) is 89.2 Å². The van der Waals surface area contributed by atoms with Crippen LogP contribution in [0.4, 0.5) is 4.79 Å². The van der Waals surface area contributed by atoms with Crippen molar-refractivity contribution in [2.24, 2.45) is 0 Å². The number of fused-ring (bicyclic) bond motifs is 1. The minimum absolute atomic E-state index is 0.102. The van der Waals surface area contributed by atoms with Crippen LogP contribution in [-0.2, 0) is 19.5 Å². The monoisotopic (exact) mass is 346 g/mol. The molecule has 4 rings (SSSR count). The average Bonchev–Trinajstić information content (AvgIpc) is 3.31. The van der Waals surface area contributed by atoms with Gasteiger partial charge in [0.2, 0.25) is 0 Å². The molecule has 0 aliphatic heterocycles. The van der Waals surface area contributed by atoms with Crippen LogP contribution >= 0.6 is 0 Å². The van der Waals surface area contributed by atoms with Gasteiger partial charge < -0.3 is 10.6 Å². The van der Waals surface area contributed by atoms with Gasteiger partial charge in [-0.25, -0.2) is 4.79 Å². The normalized spacial score (nSPS) is 15.5. The van der Waals surface area contributed by atoms with E-state index in [0.717, 1.165) is 24.0 Å². The van der Waals surface area contributed by atoms with E-state index in [9.17, 15) is 4.79 Å². The van der Waals surface area contributed by atoms with Crippen molar-refractivity contribution in [3.63, 3.8) is 0 Å². The van der Waals surface area contributed by atoms with Gasteiger partial charge >= 0.3 is 6.03 Å². The average molecular weight is 346 g/mol. The number of carbonyl (C=O) groups is 1. The van der Waals surface area contributed by atoms with Gasteiger partial charge in [-0.05, 0) is 41.2 Å². The standard InChI is InChI=1S/C21H22N4O/c26-21(24-20-11-10-16-6-3-4-9-19(16)20)22-14-17-7-1-2-8-18(17)15-25-13-5-12-23-25/h1-9,12-13,20H,10-11,14-15H2,(H2,22,24,26). The van der Waals surface area contributed by atoms with Gasteiger partial charge in [0.1, 0.15) is 0 Å². The molecule has 1 atom stereocenters. The number of hydrogen-bond acceptors (Lipinski definition) is 2. The van der Waals surface area contributed by atoms with Gasteiger partial charge in [0, 0.05) is 18.9 Å². The Balaban J connectivity index is 1.37. The van der Waals surface area contributed by atoms with Crippen molar-refractivity contribution in [3.8, 4) is 0 Å². The van der Waals surface area contributed by atoms with E-state index in [-0.39, 0.29) is 12.1 Å². The number of rotatable bonds is 5. The van der Waals surface area contributed by atoms with Crippen LogP contribution in [0.25, 0.3) is 0 Å². The highest BCUT2D eigenvalue weighted by atomic mass is 16.2. The van der Waals surface area contributed by atoms with E-state index >= 15 is 0 Å². The largest absolute Gasteiger partial charge is 0.334 e. The summed E-state index contributed by atoms with van der Waals surface area (Å²) in [6.45, 7) is 1.19. The first-order valence-electron chi connectivity index (χ1n) is 8.96. The van der Waals surface area contributed by atoms with Crippen molar-refractivity contribution in [2.45, 2.75) is 32.0 Å². The summed E-state index contributed by atoms with van der Waals surface area (Å²) in [5.74, 6) is 0. The molecular formula is C21H22N4O. The molecule has 1 unspecified atom stereocenters. The zero-order valence-electron chi connectivity index (χ0n) is 14.6. The molecule has 1 heterocycles. The molecule has 0 saturated heterocycles. The molecule has 2 amide bonds. The number of nitrogens with zero attached hydrogens (tertiary/aromatic N) is 2. The van der Waals surface area contributed by atoms with E-state index in [1.165, 1.54) is 11.1 Å². The van der Waals surface area contributed by atoms with Crippen molar-refractivity contribution >= 4 is 6.03 Å². The molecule has 5 nitrogen and oxygen atoms in total. The Labute approximate surface area is 153 Å². The van der Waals surface area contributed by atoms with Crippen LogP contribution in [-0.4, -0.2) is 15.8 Å². The quantitative estimate of drug-likeness (QED) is 0.744. The second-order valence-corrected chi connectivity index (χ2v) is 6.59. The molecular weight excluding hydrogens is 324 g/mol. The van der Waals surface area contributed by atoms with E-state index in [2.05, 4.69) is 40.0 Å². The Kier molecular flexibility index (Phi) is 4.69. The Morgan fingerprint density at radius 1 is 1.08 bits per heavy atom. The fourth-order valence-electron chi connectivity index (χ4n) is 3.54. The Hall–Kier alpha value is -3.08. The Morgan fingerprint density at radius 3 is 2.73 bits per heavy atom. The lowest BCUT2D eigenvalue weighted by Crippen LogP contribution is -2.37. The van der Waals surface area contributed by atoms with E-state index in [1.54, 1.807) is 6.20 Å². The third-order valence-corrected chi connectivity index (χ3v) is 4.89. The summed E-state index contributed by atoms with van der Waals surface area (Å²) in [4.78, 5) is 12.4. The number of urea groups is 1. The van der Waals surface area contributed by atoms with Gasteiger partial charge in [-0.1, -0.05) is 48.5 Å².